The van der Waals surface area contributed by atoms with Crippen molar-refractivity contribution in [2.24, 2.45) is 32.8 Å². The third-order valence-electron chi connectivity index (χ3n) is 29.9. The van der Waals surface area contributed by atoms with E-state index in [1.807, 2.05) is 102 Å². The molecule has 17 nitrogen and oxygen atoms in total. The van der Waals surface area contributed by atoms with Crippen LogP contribution in [0.1, 0.15) is 324 Å². The summed E-state index contributed by atoms with van der Waals surface area (Å²) < 4.78 is 47.5. The smallest absolute Gasteiger partial charge is 0.465 e. The molecule has 10 aliphatic carbocycles. The lowest BCUT2D eigenvalue weighted by Gasteiger charge is -2.44. The molecule has 5 aromatic heterocycles. The predicted molar refractivity (Wildman–Crippen MR) is 533 cm³/mol. The molecule has 0 bridgehead atoms. The van der Waals surface area contributed by atoms with Gasteiger partial charge in [0.15, 0.2) is 34.7 Å². The largest absolute Gasteiger partial charge is 0.573 e. The van der Waals surface area contributed by atoms with Crippen molar-refractivity contribution < 1.29 is 61.0 Å². The number of ketones is 6. The van der Waals surface area contributed by atoms with Gasteiger partial charge in [-0.3, -0.25) is 33.6 Å². The van der Waals surface area contributed by atoms with Crippen LogP contribution in [0.4, 0.5) is 13.2 Å². The van der Waals surface area contributed by atoms with E-state index in [1.165, 1.54) is 62.6 Å². The second-order valence-corrected chi connectivity index (χ2v) is 46.6. The van der Waals surface area contributed by atoms with Gasteiger partial charge in [-0.1, -0.05) is 198 Å². The van der Waals surface area contributed by atoms with Gasteiger partial charge < -0.3 is 15.2 Å². The van der Waals surface area contributed by atoms with E-state index in [1.54, 1.807) is 82.0 Å². The summed E-state index contributed by atoms with van der Waals surface area (Å²) in [5, 5.41) is 9.39. The minimum atomic E-state index is -4.77. The normalized spacial score (nSPS) is 23.7. The topological polar surface area (TPSA) is 269 Å². The molecule has 10 aliphatic rings. The number of hydrogen-bond donors (Lipinski definition) is 1. The minimum absolute atomic E-state index is 0.00255. The molecule has 0 radical (unpaired) electrons. The number of halogens is 3. The summed E-state index contributed by atoms with van der Waals surface area (Å²) in [4.78, 5) is 132. The van der Waals surface area contributed by atoms with Crippen LogP contribution in [0.2, 0.25) is 0 Å². The number of carbonyl (C=O) groups is 8. The molecule has 5 atom stereocenters. The molecular formula is C112H118F3N7O10S5. The number of amides is 1. The first-order valence-electron chi connectivity index (χ1n) is 47.4. The lowest BCUT2D eigenvalue weighted by molar-refractivity contribution is -0.274. The maximum absolute atomic E-state index is 13.4. The summed E-state index contributed by atoms with van der Waals surface area (Å²) in [6, 6.07) is 39.0. The number of primary amides is 1. The molecule has 137 heavy (non-hydrogen) atoms. The lowest BCUT2D eigenvalue weighted by atomic mass is 9.58. The number of rotatable bonds is 14. The molecule has 0 spiro atoms. The van der Waals surface area contributed by atoms with Crippen LogP contribution in [0.15, 0.2) is 205 Å². The number of methoxy groups -OCH3 is 1. The SMILES string of the molecule is CCC1(c2cccc(C#N)c2)C2=C(Cc3ncsc31)CC(C)(C)CC2=O.CCC1(c2cccc(C(=O)OC)c2)C2=C(Cc3ncsc31)CC(C)(C)CC2=O.CCC1(c2cccc(C(C)=O)c2)C2=C(Cc3ncsc31)CC(C)(C)CC2=O.CCC1(c2cccc(C(N)=O)c2)C2=C(Cc3ncsc31)CC(C)(C)CC2=O.CCC1(c2cccc(OC(F)(F)F)c2)C2=C(Cc3ncsc31)CC(C)(C)CC2=O. The van der Waals surface area contributed by atoms with Crippen LogP contribution in [0, 0.1) is 38.4 Å². The molecule has 5 heterocycles. The van der Waals surface area contributed by atoms with Gasteiger partial charge >= 0.3 is 12.3 Å². The van der Waals surface area contributed by atoms with E-state index in [4.69, 9.17) is 10.5 Å². The highest BCUT2D eigenvalue weighted by atomic mass is 32.1. The Morgan fingerprint density at radius 3 is 0.905 bits per heavy atom. The van der Waals surface area contributed by atoms with Crippen LogP contribution in [0.3, 0.4) is 0 Å². The lowest BCUT2D eigenvalue weighted by Crippen LogP contribution is -2.42. The number of carbonyl (C=O) groups excluding carboxylic acids is 8. The van der Waals surface area contributed by atoms with Crippen molar-refractivity contribution >= 4 is 103 Å². The predicted octanol–water partition coefficient (Wildman–Crippen LogP) is 25.3. The summed E-state index contributed by atoms with van der Waals surface area (Å²) in [5.41, 5.74) is 34.6. The zero-order valence-electron chi connectivity index (χ0n) is 81.1. The number of allylic oxidation sites excluding steroid dienone is 10. The Morgan fingerprint density at radius 1 is 0.380 bits per heavy atom. The van der Waals surface area contributed by atoms with Crippen molar-refractivity contribution in [1.29, 1.82) is 5.26 Å². The number of hydrogen-bond acceptors (Lipinski definition) is 21. The van der Waals surface area contributed by atoms with E-state index in [-0.39, 0.29) is 73.5 Å². The second kappa shape index (κ2) is 37.3. The number of alkyl halides is 3. The van der Waals surface area contributed by atoms with Crippen molar-refractivity contribution in [3.8, 4) is 11.8 Å². The van der Waals surface area contributed by atoms with Gasteiger partial charge in [-0.05, 0) is 181 Å². The maximum Gasteiger partial charge on any atom is 0.573 e. The average molecular weight is 1940 g/mol. The van der Waals surface area contributed by atoms with Crippen LogP contribution in [-0.4, -0.2) is 85.0 Å². The Morgan fingerprint density at radius 2 is 0.635 bits per heavy atom. The first kappa shape index (κ1) is 99.0. The summed E-state index contributed by atoms with van der Waals surface area (Å²) >= 11 is 7.98. The van der Waals surface area contributed by atoms with Gasteiger partial charge in [0, 0.05) is 128 Å². The Bertz CT molecular complexity index is 6660. The number of nitrogens with two attached hydrogens (primary N) is 1. The van der Waals surface area contributed by atoms with Gasteiger partial charge in [-0.2, -0.15) is 5.26 Å². The van der Waals surface area contributed by atoms with Crippen LogP contribution in [-0.2, 0) is 87.9 Å². The number of esters is 1. The van der Waals surface area contributed by atoms with Gasteiger partial charge in [0.25, 0.3) is 0 Å². The van der Waals surface area contributed by atoms with E-state index in [2.05, 4.69) is 145 Å². The number of fused-ring (bicyclic) bond motifs is 5. The third-order valence-corrected chi connectivity index (χ3v) is 35.0. The highest BCUT2D eigenvalue weighted by Gasteiger charge is 2.57. The molecule has 0 aliphatic heterocycles. The van der Waals surface area contributed by atoms with Crippen LogP contribution in [0.25, 0.3) is 0 Å². The fourth-order valence-electron chi connectivity index (χ4n) is 24.9. The number of benzene rings is 5. The maximum atomic E-state index is 13.4. The molecule has 712 valence electrons. The number of thiazole rings is 5. The number of Topliss-reactive ketones (excluding diaryl/α,β-unsaturated/α-hetero) is 6. The Kier molecular flexibility index (Phi) is 27.0. The molecule has 5 unspecified atom stereocenters. The van der Waals surface area contributed by atoms with E-state index < -0.39 is 39.3 Å². The number of aromatic nitrogens is 5. The second-order valence-electron chi connectivity index (χ2n) is 42.3. The minimum Gasteiger partial charge on any atom is -0.465 e. The first-order chi connectivity index (χ1) is 64.8. The van der Waals surface area contributed by atoms with Gasteiger partial charge in [-0.15, -0.1) is 69.9 Å². The van der Waals surface area contributed by atoms with Crippen molar-refractivity contribution in [1.82, 2.24) is 24.9 Å². The van der Waals surface area contributed by atoms with E-state index >= 15 is 0 Å². The number of nitriles is 1. The molecule has 10 aromatic rings. The summed E-state index contributed by atoms with van der Waals surface area (Å²) in [7, 11) is 1.39. The summed E-state index contributed by atoms with van der Waals surface area (Å²) in [6.07, 6.45) is 9.71. The van der Waals surface area contributed by atoms with Gasteiger partial charge in [0.05, 0.1) is 107 Å². The van der Waals surface area contributed by atoms with Crippen LogP contribution in [0.5, 0.6) is 5.75 Å². The van der Waals surface area contributed by atoms with Gasteiger partial charge in [0.2, 0.25) is 5.91 Å². The molecule has 5 aromatic carbocycles. The zero-order valence-corrected chi connectivity index (χ0v) is 85.2. The van der Waals surface area contributed by atoms with Crippen LogP contribution >= 0.6 is 56.7 Å². The van der Waals surface area contributed by atoms with E-state index in [0.29, 0.717) is 72.8 Å². The van der Waals surface area contributed by atoms with Crippen molar-refractivity contribution in [2.45, 2.75) is 273 Å². The summed E-state index contributed by atoms with van der Waals surface area (Å²) in [5.74, 6) is 0.0304. The molecule has 25 heteroatoms. The van der Waals surface area contributed by atoms with E-state index in [9.17, 15) is 56.8 Å². The molecule has 0 fully saturated rings. The van der Waals surface area contributed by atoms with Gasteiger partial charge in [-0.25, -0.2) is 29.7 Å². The Balaban J connectivity index is 0.000000124. The zero-order chi connectivity index (χ0) is 98.5. The summed E-state index contributed by atoms with van der Waals surface area (Å²) in [6.45, 7) is 33.6. The first-order valence-corrected chi connectivity index (χ1v) is 51.8. The molecule has 2 N–H and O–H groups in total. The monoisotopic (exact) mass is 1940 g/mol. The molecule has 1 amide bonds. The highest BCUT2D eigenvalue weighted by molar-refractivity contribution is 7.11. The van der Waals surface area contributed by atoms with Crippen LogP contribution < -0.4 is 10.5 Å². The van der Waals surface area contributed by atoms with Crippen molar-refractivity contribution in [2.75, 3.05) is 7.11 Å². The standard InChI is InChI=1S/C23H25NO3S.C23H25NO2S.C22H22F3NO2S.C22H24N2O2S.C22H22N2OS/c1-5-23(16-8-6-7-14(9-16)21(26)27-4)19-15(10-17-20(23)28-13-24-17)11-22(2,3)12-18(19)25;1-5-23(17-8-6-7-15(9-17)14(2)25)20-16(10-18-21(23)27-13-24-18)11-22(3,4)12-19(20)26;1-4-21(14-6-5-7-15(9-14)28-22(23,24)25)18-13(8-16-19(21)29-12-26-16)10-20(2,3)11-17(18)27;1-4-22(15-7-5-6-13(8-15)20(23)26)18-14(9-16-19(22)27-12-24-16)10-21(2,3)11-17(18)25;1-4-22(16-7-5-6-14(8-16)12-23)19-15(9-17-20(22)26-13-24-17)10-21(2,3)11-18(19)25/h6-9,13H,5,10-12H2,1-4H3;6-9,13H,5,10-12H2,1-4H3;5-7,9,12H,4,8,10-11H2,1-3H3;5-8,12H,4,9-11H2,1-3H3,(H2,23,26);5-8,13H,4,9-11H2,1-3H3. The molecule has 20 rings (SSSR count). The molecule has 0 saturated carbocycles. The fraction of sp³-hybridized carbons (Fsp3) is 0.429. The van der Waals surface area contributed by atoms with Crippen molar-refractivity contribution in [3.63, 3.8) is 0 Å². The fourth-order valence-corrected chi connectivity index (χ4v) is 30.4. The molecular weight excluding hydrogens is 1820 g/mol. The number of nitrogens with zero attached hydrogens (tertiary/aromatic N) is 6. The average Bonchev–Trinajstić information content (AvgIpc) is 1.69. The number of ether oxygens (including phenoxy) is 2. The van der Waals surface area contributed by atoms with Gasteiger partial charge in [0.1, 0.15) is 5.75 Å². The Labute approximate surface area is 820 Å². The third kappa shape index (κ3) is 17.9. The molecule has 0 saturated heterocycles. The Hall–Kier alpha value is -11.0. The quantitative estimate of drug-likeness (QED) is 0.0783. The van der Waals surface area contributed by atoms with Crippen molar-refractivity contribution in [3.05, 3.63) is 308 Å². The van der Waals surface area contributed by atoms with E-state index in [0.717, 1.165) is 182 Å². The highest BCUT2D eigenvalue weighted by Crippen LogP contribution is 2.62.